The topological polar surface area (TPSA) is 559 Å². The number of esters is 15. The third-order valence-corrected chi connectivity index (χ3v) is 22.8. The quantitative estimate of drug-likeness (QED) is 0.00836. The van der Waals surface area contributed by atoms with Crippen molar-refractivity contribution in [2.24, 2.45) is 0 Å². The number of aliphatic hydroxyl groups excluding tert-OH is 3. The average molecular weight is 2070 g/mol. The summed E-state index contributed by atoms with van der Waals surface area (Å²) < 4.78 is 99.0. The molecule has 0 aromatic carbocycles. The highest BCUT2D eigenvalue weighted by Crippen LogP contribution is 2.17. The zero-order valence-corrected chi connectivity index (χ0v) is 87.5. The van der Waals surface area contributed by atoms with Crippen molar-refractivity contribution >= 4 is 137 Å². The van der Waals surface area contributed by atoms with E-state index in [1.807, 2.05) is 0 Å². The van der Waals surface area contributed by atoms with Crippen LogP contribution in [-0.2, 0) is 175 Å². The molecule has 1 aliphatic heterocycles. The van der Waals surface area contributed by atoms with Gasteiger partial charge in [-0.2, -0.15) is 0 Å². The lowest BCUT2D eigenvalue weighted by Gasteiger charge is -2.24. The predicted octanol–water partition coefficient (Wildman–Crippen LogP) is 10.3. The van der Waals surface area contributed by atoms with Gasteiger partial charge in [0.25, 0.3) is 0 Å². The van der Waals surface area contributed by atoms with Gasteiger partial charge in [0, 0.05) is 102 Å². The van der Waals surface area contributed by atoms with Gasteiger partial charge in [-0.05, 0) is 99.0 Å². The van der Waals surface area contributed by atoms with Crippen LogP contribution in [0, 0.1) is 0 Å². The highest BCUT2D eigenvalue weighted by atomic mass is 35.5. The van der Waals surface area contributed by atoms with Crippen molar-refractivity contribution < 1.29 is 196 Å². The Morgan fingerprint density at radius 2 is 0.604 bits per heavy atom. The first-order valence-electron chi connectivity index (χ1n) is 43.9. The van der Waals surface area contributed by atoms with E-state index in [-0.39, 0.29) is 213 Å². The van der Waals surface area contributed by atoms with Crippen LogP contribution in [0.2, 0.25) is 57.4 Å². The first-order valence-corrected chi connectivity index (χ1v) is 53.6. The Kier molecular flexibility index (Phi) is 97.1. The van der Waals surface area contributed by atoms with Crippen LogP contribution in [0.1, 0.15) is 168 Å². The van der Waals surface area contributed by atoms with Crippen molar-refractivity contribution in [1.82, 2.24) is 4.90 Å². The van der Waals surface area contributed by atoms with Crippen LogP contribution in [-0.4, -0.2) is 336 Å². The molecule has 0 amide bonds. The Labute approximate surface area is 828 Å². The number of hydrogen-bond acceptors (Lipinski definition) is 41. The van der Waals surface area contributed by atoms with E-state index in [0.29, 0.717) is 43.4 Å². The summed E-state index contributed by atoms with van der Waals surface area (Å²) in [6.45, 7) is 58.4. The van der Waals surface area contributed by atoms with E-state index in [4.69, 9.17) is 96.7 Å². The molecule has 0 aromatic heterocycles. The molecule has 42 nitrogen and oxygen atoms in total. The molecular weight excluding hydrogens is 1910 g/mol. The van der Waals surface area contributed by atoms with Gasteiger partial charge in [0.1, 0.15) is 91.5 Å². The SMILES string of the molecule is C.C.C=C(C)C(=O)Cl.C=C(C)C(=O)OCCO.C=C(C)C(=O)OCCOC(=O)CCC(=O)O.C=C(C)C(=O)OCCOC(=O)CCC(=O)OCC(COCCC[Si](C)(C)C)OC(=O)C(=C)C.C=C(C)C(=O)OCCOC(=O)CCC(=O)OCC(O)COCCC[Si](C)(C)C.C=C(C)C(=O)OCCOC(=O)CCC(=O)OCC(O)COCCC[Si](OC)(OC)OC.CCN(CC)CC.O=C1CCC(=O)O1. The van der Waals surface area contributed by atoms with Gasteiger partial charge in [-0.25, -0.2) is 28.8 Å². The number of allylic oxidation sites excluding steroid dienone is 1. The van der Waals surface area contributed by atoms with Gasteiger partial charge in [-0.3, -0.25) is 52.7 Å². The minimum atomic E-state index is -2.64. The lowest BCUT2D eigenvalue weighted by atomic mass is 10.3. The fourth-order valence-electron chi connectivity index (χ4n) is 8.38. The van der Waals surface area contributed by atoms with Crippen molar-refractivity contribution in [2.45, 2.75) is 243 Å². The molecule has 0 aromatic rings. The molecule has 3 atom stereocenters. The summed E-state index contributed by atoms with van der Waals surface area (Å²) in [5.74, 6) is -9.57. The number of aliphatic carboxylic acids is 1. The molecule has 1 aliphatic rings. The number of hydrogen-bond donors (Lipinski definition) is 4. The Bertz CT molecular complexity index is 3640. The second kappa shape index (κ2) is 91.9. The van der Waals surface area contributed by atoms with Crippen molar-refractivity contribution in [1.29, 1.82) is 0 Å². The van der Waals surface area contributed by atoms with Gasteiger partial charge < -0.3 is 119 Å². The van der Waals surface area contributed by atoms with Crippen LogP contribution in [0.15, 0.2) is 85.1 Å². The summed E-state index contributed by atoms with van der Waals surface area (Å²) in [5, 5.41) is 35.5. The highest BCUT2D eigenvalue weighted by Gasteiger charge is 2.37. The number of carbonyl (C=O) groups is 17. The number of carbonyl (C=O) groups excluding carboxylic acids is 16. The van der Waals surface area contributed by atoms with Crippen LogP contribution in [0.4, 0.5) is 0 Å². The monoisotopic (exact) mass is 2070 g/mol. The molecule has 1 saturated heterocycles. The van der Waals surface area contributed by atoms with E-state index in [9.17, 15) is 91.7 Å². The standard InChI is InChI=1S/C23H38O9Si.C19H34O11Si.C19H34O8Si.C10H14O6.C6H15N.C6H10O3.C4H5ClO.C4H4O3.2CH4/c1-17(2)22(26)30-13-12-29-20(24)9-10-21(25)31-16-19(32-23(27)18(3)4)15-28-11-8-14-33(5,6)7;1-15(2)19(23)29-11-10-28-17(21)7-8-18(22)30-14-16(20)13-27-9-6-12-31(24-3,25-4)26-5;1-15(2)19(23)26-11-10-25-17(21)7-8-18(22)27-14-16(20)13-24-9-6-12-28(3,4)5;1-7(2)10(14)16-6-5-15-9(13)4-3-8(11)12;1-4-7(5-2)6-3;1-5(2)6(8)9-4-3-7;1-3(2)4(5)6;5-3-1-2-4(6)7-3;;/h19H,1,3,8-16H2,2,4-7H3;16,20H,1,6-14H2,2-5H3;16,20H,1,6-14H2,2-5H3;1,3-6H2,2H3,(H,11,12);4-6H2,1-3H3;7H,1,3-4H2,2H3;1H2,2H3;1-2H2;2*1H4. The smallest absolute Gasteiger partial charge is 0.481 e. The second-order valence-electron chi connectivity index (χ2n) is 31.7. The molecule has 0 saturated carbocycles. The molecule has 4 N–H and O–H groups in total. The Balaban J connectivity index is -0.000000212. The van der Waals surface area contributed by atoms with Crippen LogP contribution in [0.25, 0.3) is 0 Å². The molecule has 0 bridgehead atoms. The number of ether oxygens (including phenoxy) is 17. The number of carboxylic acid groups (broad SMARTS) is 1. The molecular formula is C93H162ClNO41Si3. The Hall–Kier alpha value is -9.89. The van der Waals surface area contributed by atoms with Crippen molar-refractivity contribution in [2.75, 3.05) is 166 Å². The Morgan fingerprint density at radius 1 is 0.360 bits per heavy atom. The van der Waals surface area contributed by atoms with Crippen molar-refractivity contribution in [3.8, 4) is 0 Å². The molecule has 0 aliphatic carbocycles. The Morgan fingerprint density at radius 3 is 0.827 bits per heavy atom. The third kappa shape index (κ3) is 104. The number of carboxylic acids is 1. The molecule has 0 spiro atoms. The number of aliphatic hydroxyl groups is 3. The summed E-state index contributed by atoms with van der Waals surface area (Å²) >= 11 is 4.87. The van der Waals surface area contributed by atoms with Crippen LogP contribution >= 0.6 is 11.6 Å². The molecule has 139 heavy (non-hydrogen) atoms. The van der Waals surface area contributed by atoms with E-state index in [2.05, 4.69) is 130 Å². The second-order valence-corrected chi connectivity index (χ2v) is 46.4. The lowest BCUT2D eigenvalue weighted by molar-refractivity contribution is -0.161. The maximum atomic E-state index is 11.9. The maximum absolute atomic E-state index is 11.9. The fourth-order valence-corrected chi connectivity index (χ4v) is 12.5. The number of cyclic esters (lactones) is 2. The first-order chi connectivity index (χ1) is 63.9. The summed E-state index contributed by atoms with van der Waals surface area (Å²) in [6, 6.07) is 2.84. The summed E-state index contributed by atoms with van der Waals surface area (Å²) in [7, 11) is -0.290. The average Bonchev–Trinajstić information content (AvgIpc) is 1.20. The van der Waals surface area contributed by atoms with E-state index >= 15 is 0 Å². The third-order valence-electron chi connectivity index (χ3n) is 16.0. The summed E-state index contributed by atoms with van der Waals surface area (Å²) in [6.07, 6.45) is -1.24. The van der Waals surface area contributed by atoms with E-state index in [1.54, 1.807) is 13.8 Å². The molecule has 1 heterocycles. The summed E-state index contributed by atoms with van der Waals surface area (Å²) in [4.78, 5) is 190. The normalized spacial score (nSPS) is 11.5. The molecule has 3 unspecified atom stereocenters. The first kappa shape index (κ1) is 147. The zero-order chi connectivity index (χ0) is 107. The number of rotatable bonds is 64. The molecule has 46 heteroatoms. The minimum absolute atomic E-state index is 0. The largest absolute Gasteiger partial charge is 0.500 e. The fraction of sp³-hybridized carbons (Fsp3) is 0.667. The minimum Gasteiger partial charge on any atom is -0.481 e. The maximum Gasteiger partial charge on any atom is 0.500 e. The van der Waals surface area contributed by atoms with Gasteiger partial charge >= 0.3 is 104 Å². The van der Waals surface area contributed by atoms with Crippen molar-refractivity contribution in [3.63, 3.8) is 0 Å². The van der Waals surface area contributed by atoms with E-state index < -0.39 is 144 Å². The summed E-state index contributed by atoms with van der Waals surface area (Å²) in [5.41, 5.74) is 1.97. The van der Waals surface area contributed by atoms with E-state index in [1.165, 1.54) is 75.6 Å². The molecule has 1 rings (SSSR count). The van der Waals surface area contributed by atoms with Gasteiger partial charge in [-0.15, -0.1) is 0 Å². The number of halogens is 1. The van der Waals surface area contributed by atoms with E-state index in [0.717, 1.165) is 24.9 Å². The lowest BCUT2D eigenvalue weighted by Crippen LogP contribution is -2.42. The van der Waals surface area contributed by atoms with Gasteiger partial charge in [0.15, 0.2) is 6.10 Å². The van der Waals surface area contributed by atoms with Crippen LogP contribution in [0.5, 0.6) is 0 Å². The van der Waals surface area contributed by atoms with Gasteiger partial charge in [0.05, 0.1) is 90.6 Å². The number of nitrogens with zero attached hydrogens (tertiary/aromatic N) is 1. The van der Waals surface area contributed by atoms with Crippen molar-refractivity contribution in [3.05, 3.63) is 85.1 Å². The zero-order valence-electron chi connectivity index (χ0n) is 83.8. The van der Waals surface area contributed by atoms with Crippen LogP contribution < -0.4 is 0 Å². The molecule has 804 valence electrons. The highest BCUT2D eigenvalue weighted by molar-refractivity contribution is 6.76. The van der Waals surface area contributed by atoms with Crippen LogP contribution in [0.3, 0.4) is 0 Å². The predicted molar refractivity (Wildman–Crippen MR) is 521 cm³/mol. The molecule has 1 fully saturated rings. The molecule has 0 radical (unpaired) electrons. The van der Waals surface area contributed by atoms with Gasteiger partial charge in [0.2, 0.25) is 5.24 Å². The van der Waals surface area contributed by atoms with Gasteiger partial charge in [-0.1, -0.05) is 133 Å².